The molecule has 6 nitrogen and oxygen atoms in total. The van der Waals surface area contributed by atoms with Gasteiger partial charge in [0, 0.05) is 12.6 Å². The number of rotatable bonds is 6. The first-order valence-corrected chi connectivity index (χ1v) is 10.3. The van der Waals surface area contributed by atoms with Crippen molar-refractivity contribution in [1.82, 2.24) is 10.2 Å². The molecule has 0 spiro atoms. The molecule has 156 valence electrons. The Bertz CT molecular complexity index is 1070. The Hall–Kier alpha value is -3.12. The molecule has 1 aliphatic heterocycles. The standard InChI is InChI=1S/C24H26N2O4/c1-29-18-11-9-17(10-12-18)20(26-13-5-2-6-14-26)16-25-24(28)23-15-21(27)19-7-3-4-8-22(19)30-23/h3-4,7-12,15,20H,2,5-6,13-14,16H2,1H3,(H,25,28)/t20-/m0/s1. The minimum absolute atomic E-state index is 0.0332. The van der Waals surface area contributed by atoms with E-state index in [0.717, 1.165) is 37.2 Å². The molecule has 0 saturated carbocycles. The fourth-order valence-corrected chi connectivity index (χ4v) is 4.01. The van der Waals surface area contributed by atoms with Crippen LogP contribution in [0.25, 0.3) is 11.0 Å². The number of hydrogen-bond acceptors (Lipinski definition) is 5. The molecule has 1 fully saturated rings. The number of benzene rings is 2. The van der Waals surface area contributed by atoms with E-state index in [1.165, 1.54) is 12.5 Å². The van der Waals surface area contributed by atoms with Crippen molar-refractivity contribution in [3.63, 3.8) is 0 Å². The van der Waals surface area contributed by atoms with Gasteiger partial charge in [0.15, 0.2) is 11.2 Å². The molecule has 3 aromatic rings. The topological polar surface area (TPSA) is 71.8 Å². The largest absolute Gasteiger partial charge is 0.497 e. The predicted molar refractivity (Wildman–Crippen MR) is 116 cm³/mol. The third kappa shape index (κ3) is 4.39. The van der Waals surface area contributed by atoms with Gasteiger partial charge < -0.3 is 14.5 Å². The molecule has 4 rings (SSSR count). The molecule has 30 heavy (non-hydrogen) atoms. The maximum Gasteiger partial charge on any atom is 0.287 e. The van der Waals surface area contributed by atoms with Crippen molar-refractivity contribution in [2.45, 2.75) is 25.3 Å². The molecule has 1 amide bonds. The first-order chi connectivity index (χ1) is 14.7. The highest BCUT2D eigenvalue weighted by atomic mass is 16.5. The second-order valence-corrected chi connectivity index (χ2v) is 7.57. The monoisotopic (exact) mass is 406 g/mol. The van der Waals surface area contributed by atoms with Gasteiger partial charge in [0.2, 0.25) is 0 Å². The Balaban J connectivity index is 1.54. The van der Waals surface area contributed by atoms with Crippen molar-refractivity contribution in [2.75, 3.05) is 26.7 Å². The van der Waals surface area contributed by atoms with Crippen LogP contribution in [0.4, 0.5) is 0 Å². The number of nitrogens with zero attached hydrogens (tertiary/aromatic N) is 1. The third-order valence-corrected chi connectivity index (χ3v) is 5.65. The molecule has 1 aliphatic rings. The van der Waals surface area contributed by atoms with Gasteiger partial charge in [0.25, 0.3) is 5.91 Å². The number of piperidine rings is 1. The average molecular weight is 406 g/mol. The van der Waals surface area contributed by atoms with Gasteiger partial charge in [-0.3, -0.25) is 14.5 Å². The first-order valence-electron chi connectivity index (χ1n) is 10.3. The van der Waals surface area contributed by atoms with Crippen LogP contribution in [0.3, 0.4) is 0 Å². The summed E-state index contributed by atoms with van der Waals surface area (Å²) in [6.45, 7) is 2.43. The number of carbonyl (C=O) groups is 1. The Labute approximate surface area is 175 Å². The summed E-state index contributed by atoms with van der Waals surface area (Å²) in [6.07, 6.45) is 3.54. The molecule has 0 unspecified atom stereocenters. The molecule has 1 saturated heterocycles. The SMILES string of the molecule is COc1ccc([C@H](CNC(=O)c2cc(=O)c3ccccc3o2)N2CCCCC2)cc1. The Morgan fingerprint density at radius 3 is 2.57 bits per heavy atom. The predicted octanol–water partition coefficient (Wildman–Crippen LogP) is 3.76. The van der Waals surface area contributed by atoms with Crippen molar-refractivity contribution < 1.29 is 13.9 Å². The highest BCUT2D eigenvalue weighted by Crippen LogP contribution is 2.26. The summed E-state index contributed by atoms with van der Waals surface area (Å²) in [5, 5.41) is 3.44. The van der Waals surface area contributed by atoms with Crippen LogP contribution in [0, 0.1) is 0 Å². The summed E-state index contributed by atoms with van der Waals surface area (Å²) in [4.78, 5) is 27.5. The van der Waals surface area contributed by atoms with Gasteiger partial charge in [-0.2, -0.15) is 0 Å². The summed E-state index contributed by atoms with van der Waals surface area (Å²) in [5.41, 5.74) is 1.32. The average Bonchev–Trinajstić information content (AvgIpc) is 2.80. The lowest BCUT2D eigenvalue weighted by Crippen LogP contribution is -2.40. The third-order valence-electron chi connectivity index (χ3n) is 5.65. The van der Waals surface area contributed by atoms with E-state index in [-0.39, 0.29) is 23.1 Å². The van der Waals surface area contributed by atoms with Crippen LogP contribution in [-0.2, 0) is 0 Å². The first kappa shape index (κ1) is 20.2. The van der Waals surface area contributed by atoms with Crippen molar-refractivity contribution in [3.8, 4) is 5.75 Å². The molecule has 0 aliphatic carbocycles. The lowest BCUT2D eigenvalue weighted by Gasteiger charge is -2.35. The lowest BCUT2D eigenvalue weighted by molar-refractivity contribution is 0.0897. The minimum atomic E-state index is -0.381. The summed E-state index contributed by atoms with van der Waals surface area (Å²) in [7, 11) is 1.65. The van der Waals surface area contributed by atoms with E-state index < -0.39 is 0 Å². The van der Waals surface area contributed by atoms with E-state index in [2.05, 4.69) is 10.2 Å². The van der Waals surface area contributed by atoms with Crippen molar-refractivity contribution >= 4 is 16.9 Å². The van der Waals surface area contributed by atoms with Gasteiger partial charge in [-0.05, 0) is 55.8 Å². The molecule has 1 atom stereocenters. The number of carbonyl (C=O) groups excluding carboxylic acids is 1. The summed E-state index contributed by atoms with van der Waals surface area (Å²) in [6, 6.07) is 16.2. The van der Waals surface area contributed by atoms with Gasteiger partial charge in [0.1, 0.15) is 11.3 Å². The highest BCUT2D eigenvalue weighted by Gasteiger charge is 2.24. The van der Waals surface area contributed by atoms with Crippen LogP contribution in [0.1, 0.15) is 41.4 Å². The zero-order chi connectivity index (χ0) is 20.9. The van der Waals surface area contributed by atoms with Crippen molar-refractivity contribution in [2.24, 2.45) is 0 Å². The van der Waals surface area contributed by atoms with Gasteiger partial charge in [0.05, 0.1) is 18.5 Å². The number of nitrogens with one attached hydrogen (secondary N) is 1. The fraction of sp³-hybridized carbons (Fsp3) is 0.333. The molecule has 1 N–H and O–H groups in total. The van der Waals surface area contributed by atoms with Gasteiger partial charge >= 0.3 is 0 Å². The van der Waals surface area contributed by atoms with E-state index in [0.29, 0.717) is 17.5 Å². The van der Waals surface area contributed by atoms with E-state index in [1.54, 1.807) is 31.4 Å². The van der Waals surface area contributed by atoms with Crippen molar-refractivity contribution in [1.29, 1.82) is 0 Å². The molecule has 1 aromatic heterocycles. The zero-order valence-corrected chi connectivity index (χ0v) is 17.1. The summed E-state index contributed by atoms with van der Waals surface area (Å²) >= 11 is 0. The number of amides is 1. The second-order valence-electron chi connectivity index (χ2n) is 7.57. The quantitative estimate of drug-likeness (QED) is 0.675. The lowest BCUT2D eigenvalue weighted by atomic mass is 10.0. The molecule has 0 radical (unpaired) electrons. The van der Waals surface area contributed by atoms with Crippen LogP contribution in [0.2, 0.25) is 0 Å². The van der Waals surface area contributed by atoms with E-state index in [1.807, 2.05) is 24.3 Å². The molecule has 2 heterocycles. The smallest absolute Gasteiger partial charge is 0.287 e. The van der Waals surface area contributed by atoms with Crippen molar-refractivity contribution in [3.05, 3.63) is 76.1 Å². The van der Waals surface area contributed by atoms with Crippen LogP contribution in [0.5, 0.6) is 5.75 Å². The van der Waals surface area contributed by atoms with Crippen LogP contribution >= 0.6 is 0 Å². The highest BCUT2D eigenvalue weighted by molar-refractivity contribution is 5.93. The van der Waals surface area contributed by atoms with Gasteiger partial charge in [-0.15, -0.1) is 0 Å². The molecule has 0 bridgehead atoms. The number of ether oxygens (including phenoxy) is 1. The Kier molecular flexibility index (Phi) is 6.14. The second kappa shape index (κ2) is 9.13. The van der Waals surface area contributed by atoms with Crippen LogP contribution < -0.4 is 15.5 Å². The maximum atomic E-state index is 12.8. The normalized spacial score (nSPS) is 15.6. The number of fused-ring (bicyclic) bond motifs is 1. The number of methoxy groups -OCH3 is 1. The molecular formula is C24H26N2O4. The Morgan fingerprint density at radius 2 is 1.83 bits per heavy atom. The number of para-hydroxylation sites is 1. The van der Waals surface area contributed by atoms with Crippen LogP contribution in [0.15, 0.2) is 63.8 Å². The number of likely N-dealkylation sites (tertiary alicyclic amines) is 1. The fourth-order valence-electron chi connectivity index (χ4n) is 4.01. The summed E-state index contributed by atoms with van der Waals surface area (Å²) < 4.78 is 10.9. The van der Waals surface area contributed by atoms with Crippen LogP contribution in [-0.4, -0.2) is 37.6 Å². The van der Waals surface area contributed by atoms with Gasteiger partial charge in [-0.1, -0.05) is 30.7 Å². The minimum Gasteiger partial charge on any atom is -0.497 e. The molecule has 6 heteroatoms. The zero-order valence-electron chi connectivity index (χ0n) is 17.1. The summed E-state index contributed by atoms with van der Waals surface area (Å²) in [5.74, 6) is 0.456. The maximum absolute atomic E-state index is 12.8. The van der Waals surface area contributed by atoms with E-state index >= 15 is 0 Å². The van der Waals surface area contributed by atoms with Gasteiger partial charge in [-0.25, -0.2) is 0 Å². The van der Waals surface area contributed by atoms with E-state index in [4.69, 9.17) is 9.15 Å². The molecule has 2 aromatic carbocycles. The Morgan fingerprint density at radius 1 is 1.10 bits per heavy atom. The number of hydrogen-bond donors (Lipinski definition) is 1. The van der Waals surface area contributed by atoms with E-state index in [9.17, 15) is 9.59 Å². The molecular weight excluding hydrogens is 380 g/mol.